The highest BCUT2D eigenvalue weighted by molar-refractivity contribution is 5.31. The molecule has 0 unspecified atom stereocenters. The Balaban J connectivity index is 2.38. The quantitative estimate of drug-likeness (QED) is 0.825. The fourth-order valence-electron chi connectivity index (χ4n) is 1.44. The molecule has 4 heteroatoms. The van der Waals surface area contributed by atoms with Crippen molar-refractivity contribution in [3.63, 3.8) is 0 Å². The molecule has 1 aromatic heterocycles. The molecule has 15 heavy (non-hydrogen) atoms. The molecule has 0 amide bonds. The van der Waals surface area contributed by atoms with Crippen molar-refractivity contribution in [1.29, 1.82) is 0 Å². The monoisotopic (exact) mass is 205 g/mol. The standard InChI is InChI=1S/C11H12FN3/c12-11-9(6-7-13)8-14-15(11)10-4-2-1-3-5-10/h1-5,8H,6-7,13H2. The van der Waals surface area contributed by atoms with E-state index in [4.69, 9.17) is 5.73 Å². The van der Waals surface area contributed by atoms with E-state index in [1.807, 2.05) is 30.3 Å². The average molecular weight is 205 g/mol. The van der Waals surface area contributed by atoms with Crippen LogP contribution in [0, 0.1) is 5.95 Å². The minimum absolute atomic E-state index is 0.327. The van der Waals surface area contributed by atoms with Crippen molar-refractivity contribution < 1.29 is 4.39 Å². The first-order chi connectivity index (χ1) is 7.33. The molecule has 78 valence electrons. The molecule has 2 N–H and O–H groups in total. The summed E-state index contributed by atoms with van der Waals surface area (Å²) < 4.78 is 15.0. The van der Waals surface area contributed by atoms with Crippen LogP contribution in [0.25, 0.3) is 5.69 Å². The van der Waals surface area contributed by atoms with Crippen LogP contribution in [0.1, 0.15) is 5.56 Å². The fraction of sp³-hybridized carbons (Fsp3) is 0.182. The summed E-state index contributed by atoms with van der Waals surface area (Å²) in [5, 5.41) is 3.99. The number of nitrogens with zero attached hydrogens (tertiary/aromatic N) is 2. The van der Waals surface area contributed by atoms with Gasteiger partial charge in [0.05, 0.1) is 11.9 Å². The van der Waals surface area contributed by atoms with Crippen LogP contribution < -0.4 is 5.73 Å². The van der Waals surface area contributed by atoms with E-state index in [0.29, 0.717) is 18.5 Å². The predicted molar refractivity (Wildman–Crippen MR) is 56.3 cm³/mol. The number of hydrogen-bond donors (Lipinski definition) is 1. The Bertz CT molecular complexity index is 436. The second-order valence-electron chi connectivity index (χ2n) is 3.25. The third kappa shape index (κ3) is 1.89. The number of nitrogens with two attached hydrogens (primary N) is 1. The summed E-state index contributed by atoms with van der Waals surface area (Å²) >= 11 is 0. The second-order valence-corrected chi connectivity index (χ2v) is 3.25. The highest BCUT2D eigenvalue weighted by Gasteiger charge is 2.10. The van der Waals surface area contributed by atoms with Crippen molar-refractivity contribution in [1.82, 2.24) is 9.78 Å². The molecule has 3 nitrogen and oxygen atoms in total. The third-order valence-corrected chi connectivity index (χ3v) is 2.19. The van der Waals surface area contributed by atoms with Gasteiger partial charge < -0.3 is 5.73 Å². The smallest absolute Gasteiger partial charge is 0.219 e. The van der Waals surface area contributed by atoms with Crippen molar-refractivity contribution in [2.45, 2.75) is 6.42 Å². The summed E-state index contributed by atoms with van der Waals surface area (Å²) in [6, 6.07) is 9.19. The second kappa shape index (κ2) is 4.23. The van der Waals surface area contributed by atoms with E-state index in [1.165, 1.54) is 10.9 Å². The molecule has 0 aliphatic rings. The predicted octanol–water partition coefficient (Wildman–Crippen LogP) is 1.51. The van der Waals surface area contributed by atoms with Crippen LogP contribution >= 0.6 is 0 Å². The summed E-state index contributed by atoms with van der Waals surface area (Å²) in [4.78, 5) is 0. The first kappa shape index (κ1) is 9.86. The zero-order chi connectivity index (χ0) is 10.7. The normalized spacial score (nSPS) is 10.5. The SMILES string of the molecule is NCCc1cnn(-c2ccccc2)c1F. The summed E-state index contributed by atoms with van der Waals surface area (Å²) in [7, 11) is 0. The van der Waals surface area contributed by atoms with Gasteiger partial charge in [-0.1, -0.05) is 18.2 Å². The Morgan fingerprint density at radius 2 is 2.00 bits per heavy atom. The van der Waals surface area contributed by atoms with Crippen LogP contribution in [0.5, 0.6) is 0 Å². The van der Waals surface area contributed by atoms with Gasteiger partial charge in [-0.15, -0.1) is 0 Å². The van der Waals surface area contributed by atoms with Gasteiger partial charge in [0.1, 0.15) is 0 Å². The van der Waals surface area contributed by atoms with E-state index in [-0.39, 0.29) is 5.95 Å². The van der Waals surface area contributed by atoms with E-state index in [1.54, 1.807) is 0 Å². The molecule has 1 heterocycles. The Labute approximate surface area is 87.3 Å². The largest absolute Gasteiger partial charge is 0.330 e. The van der Waals surface area contributed by atoms with Crippen LogP contribution in [0.15, 0.2) is 36.5 Å². The molecule has 0 aliphatic heterocycles. The molecular formula is C11H12FN3. The van der Waals surface area contributed by atoms with Crippen molar-refractivity contribution in [2.75, 3.05) is 6.54 Å². The lowest BCUT2D eigenvalue weighted by molar-refractivity contribution is 0.526. The minimum atomic E-state index is -0.327. The molecule has 0 saturated carbocycles. The maximum atomic E-state index is 13.8. The molecule has 1 aromatic carbocycles. The van der Waals surface area contributed by atoms with E-state index in [0.717, 1.165) is 5.69 Å². The van der Waals surface area contributed by atoms with Gasteiger partial charge >= 0.3 is 0 Å². The molecule has 0 saturated heterocycles. The molecule has 2 rings (SSSR count). The number of halogens is 1. The van der Waals surface area contributed by atoms with Crippen LogP contribution in [0.2, 0.25) is 0 Å². The van der Waals surface area contributed by atoms with Crippen LogP contribution in [0.4, 0.5) is 4.39 Å². The topological polar surface area (TPSA) is 43.8 Å². The molecule has 0 radical (unpaired) electrons. The van der Waals surface area contributed by atoms with E-state index < -0.39 is 0 Å². The van der Waals surface area contributed by atoms with Gasteiger partial charge in [0.15, 0.2) is 0 Å². The molecule has 0 bridgehead atoms. The van der Waals surface area contributed by atoms with Crippen molar-refractivity contribution in [2.24, 2.45) is 5.73 Å². The van der Waals surface area contributed by atoms with Crippen molar-refractivity contribution >= 4 is 0 Å². The van der Waals surface area contributed by atoms with Crippen molar-refractivity contribution in [3.05, 3.63) is 48.0 Å². The summed E-state index contributed by atoms with van der Waals surface area (Å²) in [5.41, 5.74) is 6.65. The van der Waals surface area contributed by atoms with Gasteiger partial charge in [-0.05, 0) is 25.1 Å². The maximum Gasteiger partial charge on any atom is 0.219 e. The lowest BCUT2D eigenvalue weighted by atomic mass is 10.2. The minimum Gasteiger partial charge on any atom is -0.330 e. The Hall–Kier alpha value is -1.68. The first-order valence-corrected chi connectivity index (χ1v) is 4.81. The average Bonchev–Trinajstić information content (AvgIpc) is 2.63. The Morgan fingerprint density at radius 3 is 2.67 bits per heavy atom. The molecular weight excluding hydrogens is 193 g/mol. The number of para-hydroxylation sites is 1. The Kier molecular flexibility index (Phi) is 2.78. The van der Waals surface area contributed by atoms with Crippen LogP contribution in [-0.2, 0) is 6.42 Å². The van der Waals surface area contributed by atoms with Gasteiger partial charge in [0.25, 0.3) is 0 Å². The highest BCUT2D eigenvalue weighted by Crippen LogP contribution is 2.12. The molecule has 0 fully saturated rings. The highest BCUT2D eigenvalue weighted by atomic mass is 19.1. The maximum absolute atomic E-state index is 13.8. The van der Waals surface area contributed by atoms with Crippen LogP contribution in [0.3, 0.4) is 0 Å². The molecule has 0 aliphatic carbocycles. The van der Waals surface area contributed by atoms with Gasteiger partial charge in [-0.3, -0.25) is 0 Å². The van der Waals surface area contributed by atoms with Gasteiger partial charge in [0, 0.05) is 5.56 Å². The molecule has 0 spiro atoms. The lowest BCUT2D eigenvalue weighted by Gasteiger charge is -2.01. The summed E-state index contributed by atoms with van der Waals surface area (Å²) in [6.07, 6.45) is 2.04. The van der Waals surface area contributed by atoms with E-state index in [2.05, 4.69) is 5.10 Å². The first-order valence-electron chi connectivity index (χ1n) is 4.81. The number of rotatable bonds is 3. The molecule has 0 atom stereocenters. The molecule has 2 aromatic rings. The summed E-state index contributed by atoms with van der Waals surface area (Å²) in [6.45, 7) is 0.428. The van der Waals surface area contributed by atoms with Crippen LogP contribution in [-0.4, -0.2) is 16.3 Å². The van der Waals surface area contributed by atoms with Gasteiger partial charge in [0.2, 0.25) is 5.95 Å². The zero-order valence-corrected chi connectivity index (χ0v) is 8.23. The number of aromatic nitrogens is 2. The Morgan fingerprint density at radius 1 is 1.27 bits per heavy atom. The van der Waals surface area contributed by atoms with E-state index in [9.17, 15) is 4.39 Å². The number of hydrogen-bond acceptors (Lipinski definition) is 2. The summed E-state index contributed by atoms with van der Waals surface area (Å²) in [5.74, 6) is -0.327. The third-order valence-electron chi connectivity index (χ3n) is 2.19. The van der Waals surface area contributed by atoms with E-state index >= 15 is 0 Å². The lowest BCUT2D eigenvalue weighted by Crippen LogP contribution is -2.05. The zero-order valence-electron chi connectivity index (χ0n) is 8.23. The van der Waals surface area contributed by atoms with Gasteiger partial charge in [-0.2, -0.15) is 9.49 Å². The number of benzene rings is 1. The van der Waals surface area contributed by atoms with Gasteiger partial charge in [-0.25, -0.2) is 4.68 Å². The van der Waals surface area contributed by atoms with Crippen molar-refractivity contribution in [3.8, 4) is 5.69 Å². The fourth-order valence-corrected chi connectivity index (χ4v) is 1.44.